The van der Waals surface area contributed by atoms with Gasteiger partial charge in [0.25, 0.3) is 0 Å². The number of thiophene rings is 1. The summed E-state index contributed by atoms with van der Waals surface area (Å²) in [4.78, 5) is 3.51. The van der Waals surface area contributed by atoms with Gasteiger partial charge in [0.2, 0.25) is 0 Å². The topological polar surface area (TPSA) is 32.7 Å². The Kier molecular flexibility index (Phi) is 5.10. The minimum Gasteiger partial charge on any atom is -0.392 e. The summed E-state index contributed by atoms with van der Waals surface area (Å²) in [5.74, 6) is -0.145. The summed E-state index contributed by atoms with van der Waals surface area (Å²) >= 11 is 7.94. The molecule has 0 saturated carbocycles. The number of hydrogen-bond acceptors (Lipinski definition) is 4. The summed E-state index contributed by atoms with van der Waals surface area (Å²) in [5, 5.41) is 9.67. The lowest BCUT2D eigenvalue weighted by molar-refractivity contribution is -0.110. The molecule has 1 N–H and O–H groups in total. The largest absolute Gasteiger partial charge is 0.392 e. The minimum absolute atomic E-state index is 0.0181. The van der Waals surface area contributed by atoms with Crippen molar-refractivity contribution in [2.24, 2.45) is 0 Å². The second-order valence-corrected chi connectivity index (χ2v) is 8.90. The monoisotopic (exact) mass is 395 g/mol. The Labute approximate surface area is 162 Å². The van der Waals surface area contributed by atoms with Crippen LogP contribution >= 0.6 is 22.9 Å². The van der Waals surface area contributed by atoms with Crippen LogP contribution in [0, 0.1) is 5.82 Å². The zero-order chi connectivity index (χ0) is 18.3. The molecule has 1 fully saturated rings. The van der Waals surface area contributed by atoms with E-state index >= 15 is 0 Å². The standard InChI is InChI=1S/C20H23ClFNO2S/c1-13-10-20(7-8-23(13)11-14-4-2-3-5-17(14)22)18-15(6-9-25-20)16(12-24)19(21)26-18/h2-5,13,24H,6-12H2,1H3/t13-,20?/m0/s1. The molecule has 3 nitrogen and oxygen atoms in total. The first-order valence-electron chi connectivity index (χ1n) is 9.07. The Morgan fingerprint density at radius 3 is 2.96 bits per heavy atom. The van der Waals surface area contributed by atoms with Crippen LogP contribution in [0.4, 0.5) is 4.39 Å². The number of hydrogen-bond donors (Lipinski definition) is 1. The van der Waals surface area contributed by atoms with E-state index in [1.807, 2.05) is 12.1 Å². The van der Waals surface area contributed by atoms with E-state index in [1.54, 1.807) is 17.4 Å². The Bertz CT molecular complexity index is 811. The van der Waals surface area contributed by atoms with Crippen LogP contribution in [-0.4, -0.2) is 29.2 Å². The fraction of sp³-hybridized carbons (Fsp3) is 0.500. The first kappa shape index (κ1) is 18.4. The lowest BCUT2D eigenvalue weighted by Gasteiger charge is -2.47. The molecule has 0 bridgehead atoms. The van der Waals surface area contributed by atoms with Crippen molar-refractivity contribution in [2.75, 3.05) is 13.2 Å². The molecule has 1 saturated heterocycles. The van der Waals surface area contributed by atoms with E-state index in [0.29, 0.717) is 17.5 Å². The number of fused-ring (bicyclic) bond motifs is 2. The third-order valence-corrected chi connectivity index (χ3v) is 7.46. The van der Waals surface area contributed by atoms with E-state index in [9.17, 15) is 9.50 Å². The summed E-state index contributed by atoms with van der Waals surface area (Å²) in [7, 11) is 0. The number of aliphatic hydroxyl groups is 1. The zero-order valence-electron chi connectivity index (χ0n) is 14.8. The Balaban J connectivity index is 1.57. The number of likely N-dealkylation sites (tertiary alicyclic amines) is 1. The number of nitrogens with zero attached hydrogens (tertiary/aromatic N) is 1. The van der Waals surface area contributed by atoms with Gasteiger partial charge in [-0.25, -0.2) is 4.39 Å². The number of ether oxygens (including phenoxy) is 1. The maximum absolute atomic E-state index is 14.0. The molecule has 2 aromatic rings. The molecule has 2 atom stereocenters. The molecule has 1 unspecified atom stereocenters. The Morgan fingerprint density at radius 2 is 2.23 bits per heavy atom. The van der Waals surface area contributed by atoms with Crippen LogP contribution in [0.2, 0.25) is 4.34 Å². The highest BCUT2D eigenvalue weighted by Crippen LogP contribution is 2.49. The molecule has 1 aromatic carbocycles. The van der Waals surface area contributed by atoms with E-state index in [1.165, 1.54) is 16.5 Å². The molecule has 26 heavy (non-hydrogen) atoms. The van der Waals surface area contributed by atoms with Crippen molar-refractivity contribution < 1.29 is 14.2 Å². The molecule has 2 aliphatic rings. The molecule has 0 amide bonds. The van der Waals surface area contributed by atoms with Gasteiger partial charge in [-0.3, -0.25) is 4.90 Å². The predicted molar refractivity (Wildman–Crippen MR) is 102 cm³/mol. The van der Waals surface area contributed by atoms with E-state index in [-0.39, 0.29) is 24.1 Å². The average molecular weight is 396 g/mol. The van der Waals surface area contributed by atoms with Gasteiger partial charge in [0.15, 0.2) is 0 Å². The number of benzene rings is 1. The highest BCUT2D eigenvalue weighted by atomic mass is 35.5. The first-order valence-corrected chi connectivity index (χ1v) is 10.3. The highest BCUT2D eigenvalue weighted by Gasteiger charge is 2.45. The van der Waals surface area contributed by atoms with Crippen LogP contribution in [0.25, 0.3) is 0 Å². The summed E-state index contributed by atoms with van der Waals surface area (Å²) < 4.78 is 21.0. The molecule has 4 rings (SSSR count). The van der Waals surface area contributed by atoms with Crippen molar-refractivity contribution in [3.63, 3.8) is 0 Å². The van der Waals surface area contributed by atoms with Crippen molar-refractivity contribution >= 4 is 22.9 Å². The van der Waals surface area contributed by atoms with Crippen molar-refractivity contribution in [2.45, 2.75) is 51.0 Å². The molecule has 3 heterocycles. The Hall–Kier alpha value is -0.980. The number of aliphatic hydroxyl groups excluding tert-OH is 1. The molecule has 0 radical (unpaired) electrons. The van der Waals surface area contributed by atoms with Crippen molar-refractivity contribution in [3.8, 4) is 0 Å². The van der Waals surface area contributed by atoms with Gasteiger partial charge in [0.05, 0.1) is 17.6 Å². The predicted octanol–water partition coefficient (Wildman–Crippen LogP) is 4.49. The molecular formula is C20H23ClFNO2S. The third kappa shape index (κ3) is 3.10. The third-order valence-electron chi connectivity index (χ3n) is 5.75. The van der Waals surface area contributed by atoms with Crippen LogP contribution in [-0.2, 0) is 29.9 Å². The first-order chi connectivity index (χ1) is 12.5. The van der Waals surface area contributed by atoms with Gasteiger partial charge in [0.1, 0.15) is 11.4 Å². The smallest absolute Gasteiger partial charge is 0.127 e. The van der Waals surface area contributed by atoms with Crippen molar-refractivity contribution in [3.05, 3.63) is 56.0 Å². The SMILES string of the molecule is C[C@H]1CC2(CCN1Cc1ccccc1F)OCCc1c2sc(Cl)c1CO. The lowest BCUT2D eigenvalue weighted by Crippen LogP contribution is -2.50. The highest BCUT2D eigenvalue weighted by molar-refractivity contribution is 7.16. The van der Waals surface area contributed by atoms with E-state index in [2.05, 4.69) is 11.8 Å². The lowest BCUT2D eigenvalue weighted by atomic mass is 9.81. The van der Waals surface area contributed by atoms with Gasteiger partial charge >= 0.3 is 0 Å². The normalized spacial score (nSPS) is 26.2. The van der Waals surface area contributed by atoms with Crippen LogP contribution in [0.1, 0.15) is 41.3 Å². The molecule has 140 valence electrons. The van der Waals surface area contributed by atoms with Crippen LogP contribution in [0.15, 0.2) is 24.3 Å². The van der Waals surface area contributed by atoms with E-state index in [0.717, 1.165) is 36.9 Å². The second-order valence-electron chi connectivity index (χ2n) is 7.28. The van der Waals surface area contributed by atoms with E-state index < -0.39 is 0 Å². The summed E-state index contributed by atoms with van der Waals surface area (Å²) in [6.07, 6.45) is 2.53. The van der Waals surface area contributed by atoms with Crippen molar-refractivity contribution in [1.29, 1.82) is 0 Å². The van der Waals surface area contributed by atoms with E-state index in [4.69, 9.17) is 16.3 Å². The molecule has 1 spiro atoms. The molecule has 0 aliphatic carbocycles. The average Bonchev–Trinajstić information content (AvgIpc) is 2.96. The van der Waals surface area contributed by atoms with Crippen LogP contribution in [0.3, 0.4) is 0 Å². The number of rotatable bonds is 3. The van der Waals surface area contributed by atoms with Crippen LogP contribution in [0.5, 0.6) is 0 Å². The summed E-state index contributed by atoms with van der Waals surface area (Å²) in [6.45, 7) is 4.28. The van der Waals surface area contributed by atoms with Crippen LogP contribution < -0.4 is 0 Å². The van der Waals surface area contributed by atoms with Gasteiger partial charge in [-0.15, -0.1) is 11.3 Å². The number of piperidine rings is 1. The zero-order valence-corrected chi connectivity index (χ0v) is 16.4. The van der Waals surface area contributed by atoms with Gasteiger partial charge in [-0.05, 0) is 37.8 Å². The molecule has 2 aliphatic heterocycles. The minimum atomic E-state index is -0.319. The second kappa shape index (κ2) is 7.21. The maximum Gasteiger partial charge on any atom is 0.127 e. The van der Waals surface area contributed by atoms with Crippen molar-refractivity contribution in [1.82, 2.24) is 4.90 Å². The number of halogens is 2. The fourth-order valence-corrected chi connectivity index (χ4v) is 6.02. The summed E-state index contributed by atoms with van der Waals surface area (Å²) in [6, 6.07) is 7.26. The van der Waals surface area contributed by atoms with Gasteiger partial charge in [0, 0.05) is 35.1 Å². The molecule has 6 heteroatoms. The maximum atomic E-state index is 14.0. The Morgan fingerprint density at radius 1 is 1.42 bits per heavy atom. The fourth-order valence-electron chi connectivity index (χ4n) is 4.34. The van der Waals surface area contributed by atoms with Gasteiger partial charge in [-0.1, -0.05) is 29.8 Å². The molecular weight excluding hydrogens is 373 g/mol. The quantitative estimate of drug-likeness (QED) is 0.831. The van der Waals surface area contributed by atoms with Gasteiger partial charge < -0.3 is 9.84 Å². The van der Waals surface area contributed by atoms with Gasteiger partial charge in [-0.2, -0.15) is 0 Å². The summed E-state index contributed by atoms with van der Waals surface area (Å²) in [5.41, 5.74) is 2.47. The molecule has 1 aromatic heterocycles.